The highest BCUT2D eigenvalue weighted by Crippen LogP contribution is 2.28. The van der Waals surface area contributed by atoms with Crippen molar-refractivity contribution >= 4 is 65.4 Å². The fraction of sp³-hybridized carbons (Fsp3) is 0.0938. The summed E-state index contributed by atoms with van der Waals surface area (Å²) in [4.78, 5) is 13.1. The minimum Gasteiger partial charge on any atom is -0.325 e. The zero-order valence-electron chi connectivity index (χ0n) is 23.3. The van der Waals surface area contributed by atoms with Crippen LogP contribution in [0.25, 0.3) is 10.8 Å². The molecule has 0 bridgehead atoms. The molecule has 0 aromatic heterocycles. The molecular weight excluding hydrogens is 606 g/mol. The van der Waals surface area contributed by atoms with E-state index in [0.29, 0.717) is 22.1 Å². The topological polar surface area (TPSA) is 113 Å². The van der Waals surface area contributed by atoms with Crippen molar-refractivity contribution in [2.24, 2.45) is 0 Å². The highest BCUT2D eigenvalue weighted by atomic mass is 35.5. The maximum atomic E-state index is 13.6. The summed E-state index contributed by atoms with van der Waals surface area (Å²) in [5.74, 6) is -0.611. The van der Waals surface area contributed by atoms with Crippen molar-refractivity contribution in [2.75, 3.05) is 20.9 Å². The van der Waals surface area contributed by atoms with Gasteiger partial charge in [-0.05, 0) is 97.1 Å². The second-order valence-corrected chi connectivity index (χ2v) is 13.9. The third kappa shape index (κ3) is 6.67. The smallest absolute Gasteiger partial charge is 0.264 e. The first-order valence-corrected chi connectivity index (χ1v) is 16.5. The molecule has 0 aliphatic rings. The number of hydrogen-bond donors (Lipinski definition) is 2. The van der Waals surface area contributed by atoms with Crippen molar-refractivity contribution in [3.8, 4) is 0 Å². The number of sulfonamides is 2. The van der Waals surface area contributed by atoms with Crippen LogP contribution in [0.4, 0.5) is 17.1 Å². The molecule has 43 heavy (non-hydrogen) atoms. The van der Waals surface area contributed by atoms with Crippen LogP contribution in [0.15, 0.2) is 119 Å². The van der Waals surface area contributed by atoms with E-state index < -0.39 is 32.5 Å². The van der Waals surface area contributed by atoms with Crippen LogP contribution < -0.4 is 14.3 Å². The minimum atomic E-state index is -4.13. The van der Waals surface area contributed by atoms with Crippen LogP contribution in [0.3, 0.4) is 0 Å². The third-order valence-electron chi connectivity index (χ3n) is 6.95. The van der Waals surface area contributed by atoms with Crippen LogP contribution in [-0.2, 0) is 24.8 Å². The average Bonchev–Trinajstić information content (AvgIpc) is 2.98. The van der Waals surface area contributed by atoms with Gasteiger partial charge in [0.25, 0.3) is 20.0 Å². The van der Waals surface area contributed by atoms with Crippen molar-refractivity contribution in [2.45, 2.75) is 23.6 Å². The lowest BCUT2D eigenvalue weighted by molar-refractivity contribution is -0.114. The molecule has 0 saturated carbocycles. The van der Waals surface area contributed by atoms with Gasteiger partial charge in [-0.15, -0.1) is 0 Å². The molecule has 0 atom stereocenters. The van der Waals surface area contributed by atoms with Crippen LogP contribution >= 0.6 is 11.6 Å². The third-order valence-corrected chi connectivity index (χ3v) is 10.4. The quantitative estimate of drug-likeness (QED) is 0.187. The van der Waals surface area contributed by atoms with Crippen LogP contribution in [0.2, 0.25) is 5.02 Å². The first-order chi connectivity index (χ1) is 20.4. The number of halogens is 1. The molecule has 5 aromatic rings. The van der Waals surface area contributed by atoms with Crippen molar-refractivity contribution in [1.29, 1.82) is 0 Å². The average molecular weight is 634 g/mol. The first kappa shape index (κ1) is 30.1. The molecule has 2 N–H and O–H groups in total. The van der Waals surface area contributed by atoms with Crippen molar-refractivity contribution in [1.82, 2.24) is 0 Å². The van der Waals surface area contributed by atoms with Gasteiger partial charge in [0.1, 0.15) is 6.54 Å². The van der Waals surface area contributed by atoms with Crippen LogP contribution in [0, 0.1) is 13.8 Å². The first-order valence-electron chi connectivity index (χ1n) is 13.2. The molecule has 11 heteroatoms. The van der Waals surface area contributed by atoms with Crippen LogP contribution in [-0.4, -0.2) is 29.3 Å². The number of aryl methyl sites for hydroxylation is 2. The van der Waals surface area contributed by atoms with Gasteiger partial charge in [0.15, 0.2) is 0 Å². The van der Waals surface area contributed by atoms with Gasteiger partial charge in [-0.3, -0.25) is 13.8 Å². The normalized spacial score (nSPS) is 11.7. The van der Waals surface area contributed by atoms with E-state index in [0.717, 1.165) is 26.2 Å². The Labute approximate surface area is 256 Å². The molecule has 0 radical (unpaired) electrons. The van der Waals surface area contributed by atoms with Gasteiger partial charge in [0, 0.05) is 16.1 Å². The summed E-state index contributed by atoms with van der Waals surface area (Å²) in [6.07, 6.45) is 0. The van der Waals surface area contributed by atoms with E-state index >= 15 is 0 Å². The van der Waals surface area contributed by atoms with Gasteiger partial charge < -0.3 is 5.32 Å². The number of amides is 1. The fourth-order valence-electron chi connectivity index (χ4n) is 4.50. The maximum absolute atomic E-state index is 13.6. The molecule has 8 nitrogen and oxygen atoms in total. The standard InChI is InChI=1S/C32H28ClN3O5S2/c1-22-10-15-27(20-23(22)2)36(43(40,41)29-16-11-25(33)12-17-29)21-32(37)34-26-13-18-28(19-14-26)42(38,39)35-31-9-5-7-24-6-3-4-8-30(24)31/h3-20,35H,21H2,1-2H3,(H,34,37). The number of fused-ring (bicyclic) bond motifs is 1. The molecule has 0 aliphatic heterocycles. The van der Waals surface area contributed by atoms with E-state index in [-0.39, 0.29) is 9.79 Å². The zero-order chi connectivity index (χ0) is 30.8. The Hall–Kier alpha value is -4.38. The number of rotatable bonds is 9. The number of hydrogen-bond acceptors (Lipinski definition) is 5. The van der Waals surface area contributed by atoms with E-state index in [1.165, 1.54) is 48.5 Å². The Morgan fingerprint density at radius 1 is 0.744 bits per heavy atom. The molecule has 220 valence electrons. The number of carbonyl (C=O) groups is 1. The van der Waals surface area contributed by atoms with Crippen LogP contribution in [0.5, 0.6) is 0 Å². The minimum absolute atomic E-state index is 0.000469. The highest BCUT2D eigenvalue weighted by Gasteiger charge is 2.28. The Balaban J connectivity index is 1.36. The lowest BCUT2D eigenvalue weighted by Crippen LogP contribution is -2.38. The van der Waals surface area contributed by atoms with E-state index in [2.05, 4.69) is 10.0 Å². The summed E-state index contributed by atoms with van der Waals surface area (Å²) in [6.45, 7) is 3.25. The van der Waals surface area contributed by atoms with Gasteiger partial charge in [0.2, 0.25) is 5.91 Å². The molecule has 5 rings (SSSR count). The number of benzene rings is 5. The zero-order valence-corrected chi connectivity index (χ0v) is 25.7. The van der Waals surface area contributed by atoms with Crippen molar-refractivity contribution in [3.05, 3.63) is 125 Å². The Kier molecular flexibility index (Phi) is 8.45. The summed E-state index contributed by atoms with van der Waals surface area (Å²) in [5.41, 5.74) is 2.92. The second kappa shape index (κ2) is 12.1. The summed E-state index contributed by atoms with van der Waals surface area (Å²) in [5, 5.41) is 4.71. The largest absolute Gasteiger partial charge is 0.325 e. The SMILES string of the molecule is Cc1ccc(N(CC(=O)Nc2ccc(S(=O)(=O)Nc3cccc4ccccc34)cc2)S(=O)(=O)c2ccc(Cl)cc2)cc1C. The molecular formula is C32H28ClN3O5S2. The van der Waals surface area contributed by atoms with Gasteiger partial charge in [-0.2, -0.15) is 0 Å². The predicted molar refractivity (Wildman–Crippen MR) is 172 cm³/mol. The summed E-state index contributed by atoms with van der Waals surface area (Å²) >= 11 is 5.96. The Morgan fingerprint density at radius 3 is 2.09 bits per heavy atom. The molecule has 0 saturated heterocycles. The molecule has 0 spiro atoms. The number of carbonyl (C=O) groups excluding carboxylic acids is 1. The molecule has 0 unspecified atom stereocenters. The van der Waals surface area contributed by atoms with Gasteiger partial charge in [0.05, 0.1) is 21.2 Å². The Bertz CT molecular complexity index is 2030. The molecule has 0 aliphatic carbocycles. The number of nitrogens with one attached hydrogen (secondary N) is 2. The number of nitrogens with zero attached hydrogens (tertiary/aromatic N) is 1. The molecule has 0 fully saturated rings. The van der Waals surface area contributed by atoms with E-state index in [4.69, 9.17) is 11.6 Å². The van der Waals surface area contributed by atoms with Gasteiger partial charge in [-0.1, -0.05) is 54.1 Å². The summed E-state index contributed by atoms with van der Waals surface area (Å²) in [7, 11) is -8.06. The van der Waals surface area contributed by atoms with Crippen molar-refractivity contribution in [3.63, 3.8) is 0 Å². The summed E-state index contributed by atoms with van der Waals surface area (Å²) in [6, 6.07) is 29.3. The lowest BCUT2D eigenvalue weighted by atomic mass is 10.1. The van der Waals surface area contributed by atoms with E-state index in [1.807, 2.05) is 44.2 Å². The molecule has 0 heterocycles. The predicted octanol–water partition coefficient (Wildman–Crippen LogP) is 6.74. The summed E-state index contributed by atoms with van der Waals surface area (Å²) < 4.78 is 57.2. The lowest BCUT2D eigenvalue weighted by Gasteiger charge is -2.25. The van der Waals surface area contributed by atoms with Crippen molar-refractivity contribution < 1.29 is 21.6 Å². The number of anilines is 3. The second-order valence-electron chi connectivity index (χ2n) is 9.94. The van der Waals surface area contributed by atoms with E-state index in [9.17, 15) is 21.6 Å². The van der Waals surface area contributed by atoms with E-state index in [1.54, 1.807) is 30.3 Å². The van der Waals surface area contributed by atoms with Gasteiger partial charge in [-0.25, -0.2) is 16.8 Å². The highest BCUT2D eigenvalue weighted by molar-refractivity contribution is 7.93. The fourth-order valence-corrected chi connectivity index (χ4v) is 7.11. The monoisotopic (exact) mass is 633 g/mol. The Morgan fingerprint density at radius 2 is 1.40 bits per heavy atom. The molecule has 1 amide bonds. The maximum Gasteiger partial charge on any atom is 0.264 e. The molecule has 5 aromatic carbocycles. The van der Waals surface area contributed by atoms with Crippen LogP contribution in [0.1, 0.15) is 11.1 Å². The van der Waals surface area contributed by atoms with Gasteiger partial charge >= 0.3 is 0 Å².